The summed E-state index contributed by atoms with van der Waals surface area (Å²) in [5, 5.41) is 59.5. The fourth-order valence-electron chi connectivity index (χ4n) is 3.86. The molecule has 4 rings (SSSR count). The van der Waals surface area contributed by atoms with Crippen molar-refractivity contribution in [3.8, 4) is 46.0 Å². The molecular formula is C28H26O7. The minimum Gasteiger partial charge on any atom is -0.508 e. The molecule has 0 saturated heterocycles. The minimum absolute atomic E-state index is 0.00608. The van der Waals surface area contributed by atoms with Crippen molar-refractivity contribution in [2.45, 2.75) is 25.7 Å². The van der Waals surface area contributed by atoms with Gasteiger partial charge in [-0.05, 0) is 90.4 Å². The topological polar surface area (TPSA) is 131 Å². The quantitative estimate of drug-likeness (QED) is 0.192. The number of benzene rings is 4. The molecule has 4 aromatic rings. The zero-order valence-electron chi connectivity index (χ0n) is 18.8. The van der Waals surface area contributed by atoms with Crippen LogP contribution in [0, 0.1) is 0 Å². The van der Waals surface area contributed by atoms with Crippen LogP contribution in [0.3, 0.4) is 0 Å². The van der Waals surface area contributed by atoms with Crippen molar-refractivity contribution in [2.75, 3.05) is 0 Å². The van der Waals surface area contributed by atoms with Crippen molar-refractivity contribution in [1.82, 2.24) is 0 Å². The Labute approximate surface area is 202 Å². The van der Waals surface area contributed by atoms with Crippen LogP contribution in [0.5, 0.6) is 46.0 Å². The minimum atomic E-state index is -0.243. The Balaban J connectivity index is 1.49. The van der Waals surface area contributed by atoms with Gasteiger partial charge in [-0.2, -0.15) is 0 Å². The maximum Gasteiger partial charge on any atom is 0.169 e. The number of hydrogen-bond donors (Lipinski definition) is 6. The summed E-state index contributed by atoms with van der Waals surface area (Å²) in [5.41, 5.74) is 3.06. The van der Waals surface area contributed by atoms with E-state index in [0.717, 1.165) is 16.7 Å². The second-order valence-corrected chi connectivity index (χ2v) is 8.38. The predicted octanol–water partition coefficient (Wildman–Crippen LogP) is 5.28. The Hall–Kier alpha value is -4.52. The Morgan fingerprint density at radius 3 is 1.97 bits per heavy atom. The molecule has 0 fully saturated rings. The van der Waals surface area contributed by atoms with Crippen LogP contribution in [0.25, 0.3) is 0 Å². The summed E-state index contributed by atoms with van der Waals surface area (Å²) in [4.78, 5) is 0. The van der Waals surface area contributed by atoms with Crippen molar-refractivity contribution >= 4 is 0 Å². The van der Waals surface area contributed by atoms with E-state index >= 15 is 0 Å². The highest BCUT2D eigenvalue weighted by Gasteiger charge is 2.13. The second kappa shape index (κ2) is 10.2. The third-order valence-electron chi connectivity index (χ3n) is 5.67. The van der Waals surface area contributed by atoms with Crippen molar-refractivity contribution < 1.29 is 35.4 Å². The van der Waals surface area contributed by atoms with Gasteiger partial charge in [0, 0.05) is 12.1 Å². The van der Waals surface area contributed by atoms with Crippen LogP contribution in [0.1, 0.15) is 22.3 Å². The Kier molecular flexibility index (Phi) is 6.87. The summed E-state index contributed by atoms with van der Waals surface area (Å²) < 4.78 is 5.85. The highest BCUT2D eigenvalue weighted by Crippen LogP contribution is 2.38. The van der Waals surface area contributed by atoms with Crippen molar-refractivity contribution in [2.24, 2.45) is 0 Å². The van der Waals surface area contributed by atoms with Gasteiger partial charge in [0.15, 0.2) is 23.0 Å². The molecule has 180 valence electrons. The molecule has 0 aliphatic heterocycles. The van der Waals surface area contributed by atoms with Gasteiger partial charge in [-0.25, -0.2) is 0 Å². The monoisotopic (exact) mass is 474 g/mol. The third-order valence-corrected chi connectivity index (χ3v) is 5.67. The van der Waals surface area contributed by atoms with Gasteiger partial charge in [-0.15, -0.1) is 0 Å². The van der Waals surface area contributed by atoms with Gasteiger partial charge in [-0.1, -0.05) is 18.2 Å². The summed E-state index contributed by atoms with van der Waals surface area (Å²) in [6, 6.07) is 19.0. The summed E-state index contributed by atoms with van der Waals surface area (Å²) in [7, 11) is 0. The van der Waals surface area contributed by atoms with E-state index in [2.05, 4.69) is 0 Å². The lowest BCUT2D eigenvalue weighted by molar-refractivity contribution is 0.398. The van der Waals surface area contributed by atoms with E-state index in [1.54, 1.807) is 42.5 Å². The van der Waals surface area contributed by atoms with E-state index in [4.69, 9.17) is 4.74 Å². The Bertz CT molecular complexity index is 1350. The van der Waals surface area contributed by atoms with Gasteiger partial charge in [0.1, 0.15) is 23.0 Å². The molecule has 0 aromatic heterocycles. The zero-order chi connectivity index (χ0) is 24.9. The lowest BCUT2D eigenvalue weighted by Gasteiger charge is -2.13. The first-order valence-electron chi connectivity index (χ1n) is 11.1. The van der Waals surface area contributed by atoms with Gasteiger partial charge in [0.2, 0.25) is 0 Å². The number of aromatic hydroxyl groups is 6. The van der Waals surface area contributed by atoms with Crippen molar-refractivity contribution in [3.63, 3.8) is 0 Å². The Morgan fingerprint density at radius 1 is 0.486 bits per heavy atom. The molecule has 0 unspecified atom stereocenters. The van der Waals surface area contributed by atoms with Crippen molar-refractivity contribution in [1.29, 1.82) is 0 Å². The van der Waals surface area contributed by atoms with E-state index in [1.165, 1.54) is 24.3 Å². The first-order chi connectivity index (χ1) is 16.8. The SMILES string of the molecule is Oc1cccc(CCc2cc(Oc3cc(O)cc(CCc4ccc(O)c(O)c4)c3)c(O)cc2O)c1. The molecule has 0 atom stereocenters. The van der Waals surface area contributed by atoms with Crippen LogP contribution in [0.15, 0.2) is 72.8 Å². The van der Waals surface area contributed by atoms with E-state index < -0.39 is 0 Å². The fraction of sp³-hybridized carbons (Fsp3) is 0.143. The first-order valence-corrected chi connectivity index (χ1v) is 11.1. The molecule has 0 aliphatic carbocycles. The molecule has 35 heavy (non-hydrogen) atoms. The largest absolute Gasteiger partial charge is 0.508 e. The number of ether oxygens (including phenoxy) is 1. The molecule has 0 spiro atoms. The van der Waals surface area contributed by atoms with Gasteiger partial charge in [-0.3, -0.25) is 0 Å². The van der Waals surface area contributed by atoms with Crippen LogP contribution in [0.2, 0.25) is 0 Å². The third kappa shape index (κ3) is 6.09. The second-order valence-electron chi connectivity index (χ2n) is 8.38. The summed E-state index contributed by atoms with van der Waals surface area (Å²) in [6.07, 6.45) is 2.11. The fourth-order valence-corrected chi connectivity index (χ4v) is 3.86. The van der Waals surface area contributed by atoms with Crippen LogP contribution >= 0.6 is 0 Å². The maximum atomic E-state index is 10.3. The normalized spacial score (nSPS) is 10.9. The predicted molar refractivity (Wildman–Crippen MR) is 131 cm³/mol. The molecule has 6 N–H and O–H groups in total. The van der Waals surface area contributed by atoms with Crippen molar-refractivity contribution in [3.05, 3.63) is 95.1 Å². The molecule has 0 aliphatic rings. The first kappa shape index (κ1) is 23.6. The van der Waals surface area contributed by atoms with E-state index in [1.807, 2.05) is 6.07 Å². The molecule has 7 heteroatoms. The molecule has 4 aromatic carbocycles. The number of phenols is 6. The van der Waals surface area contributed by atoms with Gasteiger partial charge < -0.3 is 35.4 Å². The lowest BCUT2D eigenvalue weighted by Crippen LogP contribution is -1.95. The number of rotatable bonds is 8. The number of aryl methyl sites for hydroxylation is 4. The zero-order valence-corrected chi connectivity index (χ0v) is 18.8. The number of phenolic OH excluding ortho intramolecular Hbond substituents is 6. The molecule has 0 bridgehead atoms. The molecular weight excluding hydrogens is 448 g/mol. The van der Waals surface area contributed by atoms with E-state index in [0.29, 0.717) is 37.0 Å². The van der Waals surface area contributed by atoms with Crippen LogP contribution in [-0.2, 0) is 25.7 Å². The molecule has 0 saturated carbocycles. The summed E-state index contributed by atoms with van der Waals surface area (Å²) in [5.74, 6) is -0.0716. The lowest BCUT2D eigenvalue weighted by atomic mass is 10.0. The van der Waals surface area contributed by atoms with E-state index in [-0.39, 0.29) is 40.2 Å². The average Bonchev–Trinajstić information content (AvgIpc) is 2.80. The van der Waals surface area contributed by atoms with Crippen LogP contribution in [-0.4, -0.2) is 30.6 Å². The van der Waals surface area contributed by atoms with Gasteiger partial charge in [0.25, 0.3) is 0 Å². The average molecular weight is 475 g/mol. The van der Waals surface area contributed by atoms with E-state index in [9.17, 15) is 30.6 Å². The van der Waals surface area contributed by atoms with Gasteiger partial charge in [0.05, 0.1) is 0 Å². The smallest absolute Gasteiger partial charge is 0.169 e. The highest BCUT2D eigenvalue weighted by molar-refractivity contribution is 5.52. The Morgan fingerprint density at radius 2 is 1.20 bits per heavy atom. The standard InChI is InChI=1S/C28H26O7/c29-21-3-1-2-17(10-21)6-8-20-14-28(27(34)16-25(20)32)35-23-12-19(11-22(30)15-23)5-4-18-7-9-24(31)26(33)13-18/h1-3,7,9-16,29-34H,4-6,8H2. The molecule has 0 radical (unpaired) electrons. The van der Waals surface area contributed by atoms with Crippen LogP contribution in [0.4, 0.5) is 0 Å². The molecule has 7 nitrogen and oxygen atoms in total. The molecule has 0 heterocycles. The van der Waals surface area contributed by atoms with Crippen LogP contribution < -0.4 is 4.74 Å². The van der Waals surface area contributed by atoms with Gasteiger partial charge >= 0.3 is 0 Å². The summed E-state index contributed by atoms with van der Waals surface area (Å²) >= 11 is 0. The maximum absolute atomic E-state index is 10.3. The highest BCUT2D eigenvalue weighted by atomic mass is 16.5. The summed E-state index contributed by atoms with van der Waals surface area (Å²) in [6.45, 7) is 0. The number of hydrogen-bond acceptors (Lipinski definition) is 7. The molecule has 0 amide bonds.